The Morgan fingerprint density at radius 2 is 2.00 bits per heavy atom. The summed E-state index contributed by atoms with van der Waals surface area (Å²) in [6.07, 6.45) is 2.69. The zero-order valence-corrected chi connectivity index (χ0v) is 8.51. The molecule has 5 nitrogen and oxygen atoms in total. The zero-order valence-electron chi connectivity index (χ0n) is 8.51. The number of rotatable bonds is 6. The third kappa shape index (κ3) is 6.45. The van der Waals surface area contributed by atoms with E-state index in [0.717, 1.165) is 12.2 Å². The van der Waals surface area contributed by atoms with Gasteiger partial charge in [-0.3, -0.25) is 0 Å². The smallest absolute Gasteiger partial charge is 0.333 e. The van der Waals surface area contributed by atoms with E-state index in [4.69, 9.17) is 14.6 Å². The first-order chi connectivity index (χ1) is 7.13. The van der Waals surface area contributed by atoms with Crippen molar-refractivity contribution < 1.29 is 24.2 Å². The Morgan fingerprint density at radius 3 is 2.47 bits per heavy atom. The van der Waals surface area contributed by atoms with Crippen molar-refractivity contribution in [2.75, 3.05) is 6.61 Å². The highest BCUT2D eigenvalue weighted by Crippen LogP contribution is 2.02. The molecule has 0 aliphatic heterocycles. The van der Waals surface area contributed by atoms with Gasteiger partial charge in [-0.1, -0.05) is 19.6 Å². The van der Waals surface area contributed by atoms with E-state index in [0.29, 0.717) is 6.42 Å². The number of esters is 2. The van der Waals surface area contributed by atoms with Gasteiger partial charge in [-0.05, 0) is 0 Å². The molecule has 0 aliphatic carbocycles. The predicted octanol–water partition coefficient (Wildman–Crippen LogP) is 0.543. The van der Waals surface area contributed by atoms with Crippen molar-refractivity contribution in [2.24, 2.45) is 0 Å². The number of hydrogen-bond acceptors (Lipinski definition) is 5. The van der Waals surface area contributed by atoms with Crippen LogP contribution in [-0.2, 0) is 19.1 Å². The molecule has 1 N–H and O–H groups in total. The molecular weight excluding hydrogens is 200 g/mol. The van der Waals surface area contributed by atoms with E-state index in [-0.39, 0.29) is 6.61 Å². The van der Waals surface area contributed by atoms with Gasteiger partial charge in [0, 0.05) is 18.6 Å². The van der Waals surface area contributed by atoms with Crippen LogP contribution in [0.2, 0.25) is 0 Å². The first-order valence-electron chi connectivity index (χ1n) is 4.45. The molecule has 1 unspecified atom stereocenters. The van der Waals surface area contributed by atoms with Crippen LogP contribution in [-0.4, -0.2) is 29.9 Å². The molecule has 0 aromatic rings. The average Bonchev–Trinajstić information content (AvgIpc) is 2.25. The molecule has 0 bridgehead atoms. The van der Waals surface area contributed by atoms with Gasteiger partial charge in [0.25, 0.3) is 0 Å². The lowest BCUT2D eigenvalue weighted by Gasteiger charge is -2.14. The van der Waals surface area contributed by atoms with E-state index in [1.807, 2.05) is 0 Å². The zero-order chi connectivity index (χ0) is 11.7. The highest BCUT2D eigenvalue weighted by atomic mass is 16.7. The van der Waals surface area contributed by atoms with Crippen molar-refractivity contribution in [3.8, 4) is 0 Å². The maximum absolute atomic E-state index is 11.0. The molecule has 1 atom stereocenters. The summed E-state index contributed by atoms with van der Waals surface area (Å²) >= 11 is 0. The van der Waals surface area contributed by atoms with Crippen molar-refractivity contribution in [3.05, 3.63) is 24.8 Å². The van der Waals surface area contributed by atoms with Crippen LogP contribution in [0.3, 0.4) is 0 Å². The normalized spacial score (nSPS) is 12.1. The van der Waals surface area contributed by atoms with E-state index in [1.165, 1.54) is 6.08 Å². The Bertz CT molecular complexity index is 257. The Balaban J connectivity index is 4.09. The Morgan fingerprint density at radius 1 is 1.40 bits per heavy atom. The number of aliphatic hydroxyl groups is 1. The van der Waals surface area contributed by atoms with Gasteiger partial charge < -0.3 is 14.6 Å². The van der Waals surface area contributed by atoms with Gasteiger partial charge in [0.1, 0.15) is 0 Å². The van der Waals surface area contributed by atoms with E-state index in [9.17, 15) is 9.59 Å². The molecule has 0 amide bonds. The predicted molar refractivity (Wildman–Crippen MR) is 52.7 cm³/mol. The minimum Gasteiger partial charge on any atom is -0.422 e. The van der Waals surface area contributed by atoms with E-state index >= 15 is 0 Å². The van der Waals surface area contributed by atoms with Crippen LogP contribution in [0.5, 0.6) is 0 Å². The highest BCUT2D eigenvalue weighted by Gasteiger charge is 2.13. The van der Waals surface area contributed by atoms with Crippen LogP contribution in [0.25, 0.3) is 0 Å². The second-order valence-electron chi connectivity index (χ2n) is 2.50. The summed E-state index contributed by atoms with van der Waals surface area (Å²) < 4.78 is 9.45. The van der Waals surface area contributed by atoms with Crippen LogP contribution in [0.15, 0.2) is 24.8 Å². The molecule has 0 radical (unpaired) electrons. The first kappa shape index (κ1) is 13.4. The summed E-state index contributed by atoms with van der Waals surface area (Å²) in [5.41, 5.74) is 0. The summed E-state index contributed by atoms with van der Waals surface area (Å²) in [6, 6.07) is 0. The Hall–Kier alpha value is -1.62. The molecule has 0 saturated carbocycles. The molecule has 0 aromatic heterocycles. The van der Waals surface area contributed by atoms with E-state index < -0.39 is 18.2 Å². The van der Waals surface area contributed by atoms with Gasteiger partial charge in [0.2, 0.25) is 6.29 Å². The van der Waals surface area contributed by atoms with Gasteiger partial charge >= 0.3 is 11.9 Å². The third-order valence-corrected chi connectivity index (χ3v) is 1.35. The fourth-order valence-corrected chi connectivity index (χ4v) is 0.686. The molecule has 5 heteroatoms. The number of carbonyl (C=O) groups excluding carboxylic acids is 2. The van der Waals surface area contributed by atoms with Crippen LogP contribution >= 0.6 is 0 Å². The van der Waals surface area contributed by atoms with E-state index in [2.05, 4.69) is 6.58 Å². The maximum atomic E-state index is 11.0. The average molecular weight is 214 g/mol. The molecule has 0 fully saturated rings. The quantitative estimate of drug-likeness (QED) is 0.397. The lowest BCUT2D eigenvalue weighted by atomic mass is 10.4. The van der Waals surface area contributed by atoms with Crippen molar-refractivity contribution in [2.45, 2.75) is 19.6 Å². The van der Waals surface area contributed by atoms with Crippen LogP contribution in [0.1, 0.15) is 13.3 Å². The fourth-order valence-electron chi connectivity index (χ4n) is 0.686. The SMILES string of the molecule is C=CC(=O)OC(CC)OC(=O)C=CCO. The van der Waals surface area contributed by atoms with Gasteiger partial charge in [0.05, 0.1) is 6.61 Å². The van der Waals surface area contributed by atoms with Gasteiger partial charge in [0.15, 0.2) is 0 Å². The molecule has 0 aromatic carbocycles. The number of carbonyl (C=O) groups is 2. The summed E-state index contributed by atoms with van der Waals surface area (Å²) in [5, 5.41) is 8.40. The van der Waals surface area contributed by atoms with Crippen molar-refractivity contribution in [1.82, 2.24) is 0 Å². The first-order valence-corrected chi connectivity index (χ1v) is 4.45. The van der Waals surface area contributed by atoms with Crippen molar-refractivity contribution in [3.63, 3.8) is 0 Å². The van der Waals surface area contributed by atoms with Crippen LogP contribution < -0.4 is 0 Å². The summed E-state index contributed by atoms with van der Waals surface area (Å²) in [4.78, 5) is 21.8. The molecular formula is C10H14O5. The summed E-state index contributed by atoms with van der Waals surface area (Å²) in [5.74, 6) is -1.33. The second kappa shape index (κ2) is 7.75. The molecule has 15 heavy (non-hydrogen) atoms. The number of ether oxygens (including phenoxy) is 2. The van der Waals surface area contributed by atoms with Gasteiger partial charge in [-0.25, -0.2) is 9.59 Å². The minimum absolute atomic E-state index is 0.252. The summed E-state index contributed by atoms with van der Waals surface area (Å²) in [6.45, 7) is 4.66. The summed E-state index contributed by atoms with van der Waals surface area (Å²) in [7, 11) is 0. The van der Waals surface area contributed by atoms with Crippen LogP contribution in [0.4, 0.5) is 0 Å². The lowest BCUT2D eigenvalue weighted by molar-refractivity contribution is -0.181. The minimum atomic E-state index is -0.925. The second-order valence-corrected chi connectivity index (χ2v) is 2.50. The standard InChI is InChI=1S/C10H14O5/c1-3-8(12)14-10(4-2)15-9(13)6-5-7-11/h3,5-6,10-11H,1,4,7H2,2H3. The largest absolute Gasteiger partial charge is 0.422 e. The monoisotopic (exact) mass is 214 g/mol. The Labute approximate surface area is 88.0 Å². The topological polar surface area (TPSA) is 72.8 Å². The number of aliphatic hydroxyl groups excluding tert-OH is 1. The van der Waals surface area contributed by atoms with Gasteiger partial charge in [-0.15, -0.1) is 0 Å². The molecule has 84 valence electrons. The van der Waals surface area contributed by atoms with E-state index in [1.54, 1.807) is 6.92 Å². The maximum Gasteiger partial charge on any atom is 0.333 e. The molecule has 0 spiro atoms. The van der Waals surface area contributed by atoms with Crippen molar-refractivity contribution in [1.29, 1.82) is 0 Å². The fraction of sp³-hybridized carbons (Fsp3) is 0.400. The molecule has 0 saturated heterocycles. The molecule has 0 rings (SSSR count). The molecule has 0 heterocycles. The van der Waals surface area contributed by atoms with Crippen molar-refractivity contribution >= 4 is 11.9 Å². The van der Waals surface area contributed by atoms with Crippen LogP contribution in [0, 0.1) is 0 Å². The van der Waals surface area contributed by atoms with Gasteiger partial charge in [-0.2, -0.15) is 0 Å². The lowest BCUT2D eigenvalue weighted by Crippen LogP contribution is -2.22. The third-order valence-electron chi connectivity index (χ3n) is 1.35. The molecule has 0 aliphatic rings. The Kier molecular flexibility index (Phi) is 6.92. The highest BCUT2D eigenvalue weighted by molar-refractivity contribution is 5.83. The number of hydrogen-bond donors (Lipinski definition) is 1.